The molecule has 5 heteroatoms. The van der Waals surface area contributed by atoms with Gasteiger partial charge in [0.25, 0.3) is 5.91 Å². The van der Waals surface area contributed by atoms with Gasteiger partial charge in [0.2, 0.25) is 0 Å². The molecule has 0 heterocycles. The molecule has 0 bridgehead atoms. The van der Waals surface area contributed by atoms with E-state index >= 15 is 0 Å². The van der Waals surface area contributed by atoms with Crippen molar-refractivity contribution in [3.63, 3.8) is 0 Å². The lowest BCUT2D eigenvalue weighted by Crippen LogP contribution is -2.52. The van der Waals surface area contributed by atoms with Crippen LogP contribution in [0.5, 0.6) is 5.75 Å². The second kappa shape index (κ2) is 5.76. The highest BCUT2D eigenvalue weighted by atomic mass is 16.4. The monoisotopic (exact) mass is 291 g/mol. The maximum atomic E-state index is 12.3. The molecule has 1 aliphatic rings. The van der Waals surface area contributed by atoms with Gasteiger partial charge in [0.15, 0.2) is 0 Å². The zero-order chi connectivity index (χ0) is 15.6. The van der Waals surface area contributed by atoms with Gasteiger partial charge in [-0.05, 0) is 38.3 Å². The number of aromatic hydroxyl groups is 1. The van der Waals surface area contributed by atoms with E-state index in [9.17, 15) is 19.8 Å². The maximum Gasteiger partial charge on any atom is 0.311 e. The molecule has 2 unspecified atom stereocenters. The molecule has 1 aromatic carbocycles. The summed E-state index contributed by atoms with van der Waals surface area (Å²) in [5, 5.41) is 22.2. The zero-order valence-electron chi connectivity index (χ0n) is 12.3. The maximum absolute atomic E-state index is 12.3. The van der Waals surface area contributed by atoms with Crippen molar-refractivity contribution in [3.05, 3.63) is 29.3 Å². The predicted molar refractivity (Wildman–Crippen MR) is 78.3 cm³/mol. The standard InChI is InChI=1S/C16H21NO4/c1-10-6-5-7-11(13(10)18)14(19)17-12-8-3-4-9-16(12,2)15(20)21/h5-7,12,18H,3-4,8-9H2,1-2H3,(H,17,19)(H,20,21). The zero-order valence-corrected chi connectivity index (χ0v) is 12.3. The van der Waals surface area contributed by atoms with E-state index in [4.69, 9.17) is 0 Å². The van der Waals surface area contributed by atoms with Gasteiger partial charge in [-0.25, -0.2) is 0 Å². The number of para-hydroxylation sites is 1. The molecule has 0 saturated heterocycles. The van der Waals surface area contributed by atoms with Crippen molar-refractivity contribution in [1.82, 2.24) is 5.32 Å². The Morgan fingerprint density at radius 2 is 2.05 bits per heavy atom. The molecule has 0 radical (unpaired) electrons. The van der Waals surface area contributed by atoms with E-state index in [1.165, 1.54) is 0 Å². The van der Waals surface area contributed by atoms with Crippen molar-refractivity contribution in [2.24, 2.45) is 5.41 Å². The van der Waals surface area contributed by atoms with Crippen LogP contribution in [0, 0.1) is 12.3 Å². The fourth-order valence-electron chi connectivity index (χ4n) is 2.90. The quantitative estimate of drug-likeness (QED) is 0.798. The van der Waals surface area contributed by atoms with Crippen LogP contribution in [0.15, 0.2) is 18.2 Å². The minimum Gasteiger partial charge on any atom is -0.507 e. The summed E-state index contributed by atoms with van der Waals surface area (Å²) in [6.45, 7) is 3.39. The van der Waals surface area contributed by atoms with E-state index in [-0.39, 0.29) is 11.3 Å². The molecular weight excluding hydrogens is 270 g/mol. The predicted octanol–water partition coefficient (Wildman–Crippen LogP) is 2.46. The minimum absolute atomic E-state index is 0.0529. The largest absolute Gasteiger partial charge is 0.507 e. The third kappa shape index (κ3) is 2.86. The van der Waals surface area contributed by atoms with E-state index in [1.54, 1.807) is 32.0 Å². The van der Waals surface area contributed by atoms with Crippen molar-refractivity contribution < 1.29 is 19.8 Å². The molecule has 0 spiro atoms. The van der Waals surface area contributed by atoms with Gasteiger partial charge in [0.1, 0.15) is 5.75 Å². The molecule has 1 fully saturated rings. The molecule has 2 rings (SSSR count). The molecule has 1 saturated carbocycles. The van der Waals surface area contributed by atoms with E-state index in [2.05, 4.69) is 5.32 Å². The van der Waals surface area contributed by atoms with E-state index in [1.807, 2.05) is 0 Å². The van der Waals surface area contributed by atoms with Gasteiger partial charge in [-0.2, -0.15) is 0 Å². The normalized spacial score (nSPS) is 25.3. The lowest BCUT2D eigenvalue weighted by atomic mass is 9.71. The number of carboxylic acid groups (broad SMARTS) is 1. The Hall–Kier alpha value is -2.04. The summed E-state index contributed by atoms with van der Waals surface area (Å²) >= 11 is 0. The van der Waals surface area contributed by atoms with Gasteiger partial charge in [-0.3, -0.25) is 9.59 Å². The lowest BCUT2D eigenvalue weighted by Gasteiger charge is -2.38. The highest BCUT2D eigenvalue weighted by Crippen LogP contribution is 2.36. The molecule has 2 atom stereocenters. The van der Waals surface area contributed by atoms with Crippen LogP contribution in [-0.4, -0.2) is 28.1 Å². The number of amides is 1. The van der Waals surface area contributed by atoms with Gasteiger partial charge in [0, 0.05) is 6.04 Å². The summed E-state index contributed by atoms with van der Waals surface area (Å²) in [5.74, 6) is -1.36. The third-order valence-electron chi connectivity index (χ3n) is 4.48. The fraction of sp³-hybridized carbons (Fsp3) is 0.500. The summed E-state index contributed by atoms with van der Waals surface area (Å²) in [6.07, 6.45) is 2.94. The molecule has 0 aromatic heterocycles. The van der Waals surface area contributed by atoms with Crippen LogP contribution in [-0.2, 0) is 4.79 Å². The highest BCUT2D eigenvalue weighted by Gasteiger charge is 2.44. The first-order chi connectivity index (χ1) is 9.86. The molecule has 21 heavy (non-hydrogen) atoms. The average Bonchev–Trinajstić information content (AvgIpc) is 2.44. The molecule has 5 nitrogen and oxygen atoms in total. The molecule has 114 valence electrons. The van der Waals surface area contributed by atoms with Gasteiger partial charge >= 0.3 is 5.97 Å². The Labute approximate surface area is 124 Å². The number of aliphatic carboxylic acids is 1. The molecule has 0 aliphatic heterocycles. The molecular formula is C16H21NO4. The van der Waals surface area contributed by atoms with Crippen LogP contribution in [0.1, 0.15) is 48.5 Å². The van der Waals surface area contributed by atoms with Crippen molar-refractivity contribution in [2.75, 3.05) is 0 Å². The van der Waals surface area contributed by atoms with Crippen molar-refractivity contribution >= 4 is 11.9 Å². The topological polar surface area (TPSA) is 86.6 Å². The summed E-state index contributed by atoms with van der Waals surface area (Å²) in [5.41, 5.74) is -0.145. The second-order valence-electron chi connectivity index (χ2n) is 5.97. The molecule has 1 aliphatic carbocycles. The minimum atomic E-state index is -0.951. The van der Waals surface area contributed by atoms with Crippen molar-refractivity contribution in [3.8, 4) is 5.75 Å². The fourth-order valence-corrected chi connectivity index (χ4v) is 2.90. The number of carboxylic acids is 1. The molecule has 3 N–H and O–H groups in total. The average molecular weight is 291 g/mol. The molecule has 1 amide bonds. The van der Waals surface area contributed by atoms with Crippen molar-refractivity contribution in [1.29, 1.82) is 0 Å². The van der Waals surface area contributed by atoms with Gasteiger partial charge in [0.05, 0.1) is 11.0 Å². The number of rotatable bonds is 3. The number of hydrogen-bond donors (Lipinski definition) is 3. The Balaban J connectivity index is 2.21. The first kappa shape index (κ1) is 15.4. The van der Waals surface area contributed by atoms with E-state index in [0.717, 1.165) is 12.8 Å². The smallest absolute Gasteiger partial charge is 0.311 e. The lowest BCUT2D eigenvalue weighted by molar-refractivity contribution is -0.151. The number of benzene rings is 1. The Bertz CT molecular complexity index is 569. The Morgan fingerprint density at radius 1 is 1.33 bits per heavy atom. The number of aryl methyl sites for hydroxylation is 1. The first-order valence-electron chi connectivity index (χ1n) is 7.19. The van der Waals surface area contributed by atoms with Crippen LogP contribution >= 0.6 is 0 Å². The molecule has 1 aromatic rings. The van der Waals surface area contributed by atoms with Crippen LogP contribution < -0.4 is 5.32 Å². The number of nitrogens with one attached hydrogen (secondary N) is 1. The van der Waals surface area contributed by atoms with Gasteiger partial charge in [-0.15, -0.1) is 0 Å². The van der Waals surface area contributed by atoms with Gasteiger partial charge < -0.3 is 15.5 Å². The Kier molecular flexibility index (Phi) is 4.21. The van der Waals surface area contributed by atoms with Crippen molar-refractivity contribution in [2.45, 2.75) is 45.6 Å². The summed E-state index contributed by atoms with van der Waals surface area (Å²) in [7, 11) is 0. The summed E-state index contributed by atoms with van der Waals surface area (Å²) in [4.78, 5) is 23.9. The van der Waals surface area contributed by atoms with Gasteiger partial charge in [-0.1, -0.05) is 25.0 Å². The number of phenols is 1. The third-order valence-corrected chi connectivity index (χ3v) is 4.48. The van der Waals surface area contributed by atoms with E-state index < -0.39 is 23.3 Å². The number of carbonyl (C=O) groups is 2. The summed E-state index contributed by atoms with van der Waals surface area (Å²) in [6, 6.07) is 4.53. The Morgan fingerprint density at radius 3 is 2.71 bits per heavy atom. The first-order valence-corrected chi connectivity index (χ1v) is 7.19. The number of hydrogen-bond acceptors (Lipinski definition) is 3. The number of phenolic OH excluding ortho intramolecular Hbond substituents is 1. The second-order valence-corrected chi connectivity index (χ2v) is 5.97. The summed E-state index contributed by atoms with van der Waals surface area (Å²) < 4.78 is 0. The van der Waals surface area contributed by atoms with Crippen LogP contribution in [0.3, 0.4) is 0 Å². The number of carbonyl (C=O) groups excluding carboxylic acids is 1. The van der Waals surface area contributed by atoms with Crippen LogP contribution in [0.2, 0.25) is 0 Å². The SMILES string of the molecule is Cc1cccc(C(=O)NC2CCCCC2(C)C(=O)O)c1O. The van der Waals surface area contributed by atoms with Crippen LogP contribution in [0.25, 0.3) is 0 Å². The highest BCUT2D eigenvalue weighted by molar-refractivity contribution is 5.97. The van der Waals surface area contributed by atoms with Crippen LogP contribution in [0.4, 0.5) is 0 Å². The van der Waals surface area contributed by atoms with E-state index in [0.29, 0.717) is 18.4 Å².